The quantitative estimate of drug-likeness (QED) is 0.636. The maximum Gasteiger partial charge on any atom is 4.00 e. The van der Waals surface area contributed by atoms with E-state index in [1.54, 1.807) is 0 Å². The van der Waals surface area contributed by atoms with E-state index in [9.17, 15) is 0 Å². The molecule has 0 heterocycles. The van der Waals surface area contributed by atoms with Crippen molar-refractivity contribution in [3.63, 3.8) is 0 Å². The summed E-state index contributed by atoms with van der Waals surface area (Å²) in [6.07, 6.45) is 0. The van der Waals surface area contributed by atoms with Crippen LogP contribution in [0.2, 0.25) is 0 Å². The second-order valence-electron chi connectivity index (χ2n) is 3.27. The van der Waals surface area contributed by atoms with Crippen molar-refractivity contribution in [2.45, 2.75) is 39.8 Å². The predicted octanol–water partition coefficient (Wildman–Crippen LogP) is 1.30. The minimum atomic E-state index is 0. The third kappa shape index (κ3) is 78.8. The molecule has 2 N–H and O–H groups in total. The average Bonchev–Trinajstić information content (AvgIpc) is 2.35. The minimum absolute atomic E-state index is 0. The van der Waals surface area contributed by atoms with Crippen molar-refractivity contribution in [2.75, 3.05) is 0 Å². The summed E-state index contributed by atoms with van der Waals surface area (Å²) in [5, 5.41) is 0. The van der Waals surface area contributed by atoms with Crippen molar-refractivity contribution in [1.82, 2.24) is 0 Å². The third-order valence-corrected chi connectivity index (χ3v) is 0.556. The van der Waals surface area contributed by atoms with Gasteiger partial charge in [-0.05, 0) is 0 Å². The second kappa shape index (κ2) is 19.7. The van der Waals surface area contributed by atoms with Crippen molar-refractivity contribution < 1.29 is 31.0 Å². The molecule has 0 fully saturated rings. The van der Waals surface area contributed by atoms with Crippen LogP contribution in [-0.4, -0.2) is 12.1 Å². The molecular weight excluding hydrogens is 247 g/mol. The van der Waals surface area contributed by atoms with Crippen molar-refractivity contribution in [3.05, 3.63) is 41.8 Å². The van der Waals surface area contributed by atoms with Gasteiger partial charge in [-0.1, -0.05) is 27.7 Å². The summed E-state index contributed by atoms with van der Waals surface area (Å²) in [4.78, 5) is 0. The number of nitrogens with one attached hydrogen (secondary N) is 2. The van der Waals surface area contributed by atoms with Gasteiger partial charge in [0.1, 0.15) is 0 Å². The molecule has 0 atom stereocenters. The van der Waals surface area contributed by atoms with E-state index in [0.29, 0.717) is 0 Å². The molecule has 4 heteroatoms. The van der Waals surface area contributed by atoms with Gasteiger partial charge in [-0.25, -0.2) is 12.1 Å². The van der Waals surface area contributed by atoms with Gasteiger partial charge < -0.3 is 23.9 Å². The predicted molar refractivity (Wildman–Crippen MR) is 61.0 cm³/mol. The van der Waals surface area contributed by atoms with E-state index >= 15 is 0 Å². The fraction of sp³-hybridized carbons (Fsp3) is 0.545. The number of halogens is 1. The van der Waals surface area contributed by atoms with E-state index < -0.39 is 0 Å². The Bertz CT molecular complexity index is 125. The Labute approximate surface area is 112 Å². The zero-order valence-corrected chi connectivity index (χ0v) is 12.0. The van der Waals surface area contributed by atoms with E-state index in [2.05, 4.69) is 0 Å². The maximum atomic E-state index is 6.58. The number of rotatable bonds is 0. The molecule has 0 unspecified atom stereocenters. The van der Waals surface area contributed by atoms with Crippen molar-refractivity contribution in [1.29, 1.82) is 0 Å². The molecule has 0 aliphatic carbocycles. The Morgan fingerprint density at radius 2 is 1.07 bits per heavy atom. The Hall–Kier alpha value is 0.144. The molecule has 1 radical (unpaired) electrons. The summed E-state index contributed by atoms with van der Waals surface area (Å²) >= 11 is 0. The van der Waals surface area contributed by atoms with Crippen LogP contribution in [0.4, 0.5) is 0 Å². The van der Waals surface area contributed by atoms with Gasteiger partial charge in [0.2, 0.25) is 0 Å². The zero-order chi connectivity index (χ0) is 10.7. The maximum absolute atomic E-state index is 6.58. The normalized spacial score (nSPS) is 7.47. The van der Waals surface area contributed by atoms with Gasteiger partial charge in [0.05, 0.1) is 0 Å². The molecule has 0 saturated carbocycles. The second-order valence-corrected chi connectivity index (χ2v) is 3.27. The largest absolute Gasteiger partial charge is 4.00 e. The fourth-order valence-corrected chi connectivity index (χ4v) is 0.321. The van der Waals surface area contributed by atoms with Crippen LogP contribution in [0.25, 0.3) is 11.5 Å². The smallest absolute Gasteiger partial charge is 1.00 e. The molecule has 2 nitrogen and oxygen atoms in total. The van der Waals surface area contributed by atoms with Crippen LogP contribution in [0, 0.1) is 0 Å². The Morgan fingerprint density at radius 1 is 0.867 bits per heavy atom. The van der Waals surface area contributed by atoms with Crippen LogP contribution < -0.4 is 12.4 Å². The Kier molecular flexibility index (Phi) is 32.0. The summed E-state index contributed by atoms with van der Waals surface area (Å²) in [6.45, 7) is 7.33. The monoisotopic (exact) mass is 267 g/mol. The molecule has 0 aliphatic rings. The van der Waals surface area contributed by atoms with Crippen molar-refractivity contribution in [2.24, 2.45) is 0 Å². The van der Waals surface area contributed by atoms with Crippen LogP contribution in [-0.2, 0) is 18.6 Å². The summed E-state index contributed by atoms with van der Waals surface area (Å²) in [7, 11) is 0. The van der Waals surface area contributed by atoms with Gasteiger partial charge >= 0.3 is 18.6 Å². The summed E-state index contributed by atoms with van der Waals surface area (Å²) in [6, 6.07) is 10.2. The summed E-state index contributed by atoms with van der Waals surface area (Å²) < 4.78 is 0. The van der Waals surface area contributed by atoms with E-state index in [-0.39, 0.29) is 43.0 Å². The van der Waals surface area contributed by atoms with Gasteiger partial charge in [0.15, 0.2) is 0 Å². The Balaban J connectivity index is -0.0000000575. The third-order valence-electron chi connectivity index (χ3n) is 0.556. The molecule has 1 rings (SSSR count). The first-order valence-corrected chi connectivity index (χ1v) is 4.55. The van der Waals surface area contributed by atoms with Gasteiger partial charge in [-0.2, -0.15) is 18.2 Å². The van der Waals surface area contributed by atoms with Crippen molar-refractivity contribution >= 4 is 0 Å². The van der Waals surface area contributed by atoms with Crippen LogP contribution in [0.5, 0.6) is 0 Å². The summed E-state index contributed by atoms with van der Waals surface area (Å²) in [5.41, 5.74) is 13.2. The average molecular weight is 268 g/mol. The minimum Gasteiger partial charge on any atom is -1.00 e. The Morgan fingerprint density at radius 3 is 1.13 bits per heavy atom. The van der Waals surface area contributed by atoms with Crippen LogP contribution >= 0.6 is 0 Å². The van der Waals surface area contributed by atoms with E-state index in [4.69, 9.17) is 11.5 Å². The van der Waals surface area contributed by atoms with E-state index in [1.807, 2.05) is 58.0 Å². The molecule has 0 spiro atoms. The molecule has 87 valence electrons. The number of hydrogen-bond donors (Lipinski definition) is 0. The molecule has 1 aromatic carbocycles. The molecule has 0 aromatic heterocycles. The van der Waals surface area contributed by atoms with Gasteiger partial charge in [0.25, 0.3) is 0 Å². The van der Waals surface area contributed by atoms with Crippen LogP contribution in [0.15, 0.2) is 30.3 Å². The molecule has 15 heavy (non-hydrogen) atoms. The number of hydrogen-bond acceptors (Lipinski definition) is 0. The molecule has 1 aromatic rings. The topological polar surface area (TPSA) is 47.6 Å². The first-order valence-electron chi connectivity index (χ1n) is 4.55. The first-order chi connectivity index (χ1) is 5.96. The van der Waals surface area contributed by atoms with Gasteiger partial charge in [-0.3, -0.25) is 0 Å². The van der Waals surface area contributed by atoms with Gasteiger partial charge in [0, 0.05) is 0 Å². The molecule has 0 amide bonds. The van der Waals surface area contributed by atoms with Crippen molar-refractivity contribution in [3.8, 4) is 0 Å². The standard InChI is InChI=1S/C5H5.2C3H8N.ClH.V/c1-2-4-5-3-1;2*1-3(2)4;;/h1-5H;2*3-4H,1-2H3;1H;/q3*-1;;+4/p-1. The molecular formula is C11H21ClN2V. The fourth-order valence-electron chi connectivity index (χ4n) is 0.321. The summed E-state index contributed by atoms with van der Waals surface area (Å²) in [5.74, 6) is 0. The van der Waals surface area contributed by atoms with Gasteiger partial charge in [-0.15, -0.1) is 12.1 Å². The van der Waals surface area contributed by atoms with Crippen LogP contribution in [0.3, 0.4) is 0 Å². The van der Waals surface area contributed by atoms with E-state index in [1.165, 1.54) is 0 Å². The van der Waals surface area contributed by atoms with Crippen LogP contribution in [0.1, 0.15) is 27.7 Å². The SMILES string of the molecule is CC(C)[NH-].CC(C)[NH-].[Cl-].[V+4].c1cc[cH-]c1. The molecule has 0 saturated heterocycles. The first kappa shape index (κ1) is 24.4. The molecule has 0 aliphatic heterocycles. The van der Waals surface area contributed by atoms with E-state index in [0.717, 1.165) is 0 Å². The zero-order valence-electron chi connectivity index (χ0n) is 9.87. The molecule has 0 bridgehead atoms.